The summed E-state index contributed by atoms with van der Waals surface area (Å²) in [7, 11) is 1.61. The first-order valence-corrected chi connectivity index (χ1v) is 5.36. The van der Waals surface area contributed by atoms with E-state index in [2.05, 4.69) is 11.8 Å². The second kappa shape index (κ2) is 3.91. The van der Waals surface area contributed by atoms with E-state index in [0.717, 1.165) is 5.57 Å². The molecule has 2 fully saturated rings. The van der Waals surface area contributed by atoms with E-state index in [1.165, 1.54) is 0 Å². The highest BCUT2D eigenvalue weighted by molar-refractivity contribution is 5.23. The average molecular weight is 227 g/mol. The molecule has 0 bridgehead atoms. The molecule has 1 aliphatic carbocycles. The highest BCUT2D eigenvalue weighted by atomic mass is 16.8. The summed E-state index contributed by atoms with van der Waals surface area (Å²) in [6.07, 6.45) is -0.567. The molecule has 4 atom stereocenters. The van der Waals surface area contributed by atoms with E-state index in [-0.39, 0.29) is 30.8 Å². The standard InChI is InChI=1S/C11H17NO4/c1-6-7(5-12-13)9-10(8(6)14-4)16-11(2,3)15-9/h7-10H,1,5H2,2-4H3/t7-,8?,9?,10?/m0/s1. The van der Waals surface area contributed by atoms with Crippen LogP contribution in [0.5, 0.6) is 0 Å². The second-order valence-corrected chi connectivity index (χ2v) is 4.71. The lowest BCUT2D eigenvalue weighted by atomic mass is 10.0. The molecule has 5 nitrogen and oxygen atoms in total. The van der Waals surface area contributed by atoms with E-state index in [4.69, 9.17) is 14.2 Å². The summed E-state index contributed by atoms with van der Waals surface area (Å²) in [5.74, 6) is -0.734. The normalized spacial score (nSPS) is 41.1. The lowest BCUT2D eigenvalue weighted by Gasteiger charge is -2.23. The maximum absolute atomic E-state index is 10.4. The van der Waals surface area contributed by atoms with Crippen LogP contribution < -0.4 is 0 Å². The number of nitrogens with zero attached hydrogens (tertiary/aromatic N) is 1. The van der Waals surface area contributed by atoms with Crippen molar-refractivity contribution in [3.05, 3.63) is 17.1 Å². The van der Waals surface area contributed by atoms with Gasteiger partial charge in [0.2, 0.25) is 0 Å². The summed E-state index contributed by atoms with van der Waals surface area (Å²) >= 11 is 0. The van der Waals surface area contributed by atoms with Gasteiger partial charge < -0.3 is 14.2 Å². The molecule has 0 radical (unpaired) electrons. The minimum Gasteiger partial charge on any atom is -0.374 e. The van der Waals surface area contributed by atoms with Gasteiger partial charge in [0.05, 0.1) is 12.6 Å². The van der Waals surface area contributed by atoms with Gasteiger partial charge in [0, 0.05) is 13.0 Å². The molecule has 3 unspecified atom stereocenters. The fourth-order valence-electron chi connectivity index (χ4n) is 2.58. The van der Waals surface area contributed by atoms with Crippen LogP contribution in [0.2, 0.25) is 0 Å². The van der Waals surface area contributed by atoms with E-state index in [9.17, 15) is 4.91 Å². The van der Waals surface area contributed by atoms with Crippen molar-refractivity contribution in [2.24, 2.45) is 11.1 Å². The highest BCUT2D eigenvalue weighted by Crippen LogP contribution is 2.44. The Hall–Kier alpha value is -0.780. The lowest BCUT2D eigenvalue weighted by Crippen LogP contribution is -2.30. The van der Waals surface area contributed by atoms with Crippen LogP contribution in [-0.2, 0) is 14.2 Å². The van der Waals surface area contributed by atoms with Crippen molar-refractivity contribution in [2.75, 3.05) is 13.7 Å². The highest BCUT2D eigenvalue weighted by Gasteiger charge is 2.56. The summed E-state index contributed by atoms with van der Waals surface area (Å²) in [5.41, 5.74) is 0.840. The van der Waals surface area contributed by atoms with Crippen molar-refractivity contribution < 1.29 is 14.2 Å². The van der Waals surface area contributed by atoms with Gasteiger partial charge in [0.1, 0.15) is 12.2 Å². The van der Waals surface area contributed by atoms with Crippen molar-refractivity contribution in [3.63, 3.8) is 0 Å². The fraction of sp³-hybridized carbons (Fsp3) is 0.818. The van der Waals surface area contributed by atoms with Crippen LogP contribution in [0.1, 0.15) is 13.8 Å². The molecule has 0 aromatic rings. The number of hydrogen-bond acceptors (Lipinski definition) is 5. The molecule has 1 aliphatic heterocycles. The van der Waals surface area contributed by atoms with E-state index in [1.807, 2.05) is 13.8 Å². The van der Waals surface area contributed by atoms with Crippen molar-refractivity contribution in [1.29, 1.82) is 0 Å². The first-order chi connectivity index (χ1) is 7.50. The fourth-order valence-corrected chi connectivity index (χ4v) is 2.58. The maximum atomic E-state index is 10.4. The van der Waals surface area contributed by atoms with Crippen molar-refractivity contribution in [1.82, 2.24) is 0 Å². The predicted molar refractivity (Wildman–Crippen MR) is 57.9 cm³/mol. The summed E-state index contributed by atoms with van der Waals surface area (Å²) in [4.78, 5) is 10.4. The van der Waals surface area contributed by atoms with E-state index < -0.39 is 5.79 Å². The van der Waals surface area contributed by atoms with Gasteiger partial charge >= 0.3 is 0 Å². The number of hydrogen-bond donors (Lipinski definition) is 0. The first kappa shape index (κ1) is 11.7. The number of methoxy groups -OCH3 is 1. The third kappa shape index (κ3) is 1.69. The first-order valence-electron chi connectivity index (χ1n) is 5.36. The van der Waals surface area contributed by atoms with Crippen LogP contribution in [-0.4, -0.2) is 37.8 Å². The van der Waals surface area contributed by atoms with Gasteiger partial charge in [0.15, 0.2) is 5.79 Å². The zero-order chi connectivity index (χ0) is 11.9. The molecule has 0 aromatic carbocycles. The topological polar surface area (TPSA) is 57.1 Å². The third-order valence-corrected chi connectivity index (χ3v) is 3.23. The van der Waals surface area contributed by atoms with Gasteiger partial charge in [0.25, 0.3) is 0 Å². The Morgan fingerprint density at radius 3 is 2.62 bits per heavy atom. The summed E-state index contributed by atoms with van der Waals surface area (Å²) < 4.78 is 16.9. The van der Waals surface area contributed by atoms with Gasteiger partial charge in [-0.05, 0) is 19.4 Å². The minimum absolute atomic E-state index is 0.103. The molecule has 2 aliphatic rings. The Bertz CT molecular complexity index is 315. The largest absolute Gasteiger partial charge is 0.374 e. The molecule has 5 heteroatoms. The quantitative estimate of drug-likeness (QED) is 0.541. The Labute approximate surface area is 94.7 Å². The molecule has 1 heterocycles. The van der Waals surface area contributed by atoms with Gasteiger partial charge in [-0.2, -0.15) is 4.91 Å². The molecular weight excluding hydrogens is 210 g/mol. The van der Waals surface area contributed by atoms with E-state index >= 15 is 0 Å². The maximum Gasteiger partial charge on any atom is 0.163 e. The minimum atomic E-state index is -0.631. The Balaban J connectivity index is 2.23. The van der Waals surface area contributed by atoms with Crippen LogP contribution in [0.4, 0.5) is 0 Å². The molecule has 90 valence electrons. The average Bonchev–Trinajstić information content (AvgIpc) is 2.61. The molecule has 0 amide bonds. The SMILES string of the molecule is C=C1C(OC)C2OC(C)(C)OC2[C@H]1CN=O. The number of nitroso groups, excluding NO2 is 1. The van der Waals surface area contributed by atoms with Crippen molar-refractivity contribution in [3.8, 4) is 0 Å². The van der Waals surface area contributed by atoms with E-state index in [0.29, 0.717) is 0 Å². The zero-order valence-corrected chi connectivity index (χ0v) is 9.80. The molecule has 0 N–H and O–H groups in total. The molecule has 0 spiro atoms. The van der Waals surface area contributed by atoms with Crippen LogP contribution in [0, 0.1) is 10.8 Å². The number of ether oxygens (including phenoxy) is 3. The van der Waals surface area contributed by atoms with Gasteiger partial charge in [-0.3, -0.25) is 0 Å². The Kier molecular flexibility index (Phi) is 2.86. The Morgan fingerprint density at radius 1 is 1.44 bits per heavy atom. The monoisotopic (exact) mass is 227 g/mol. The van der Waals surface area contributed by atoms with Crippen LogP contribution in [0.15, 0.2) is 17.3 Å². The summed E-state index contributed by atoms with van der Waals surface area (Å²) in [6, 6.07) is 0. The van der Waals surface area contributed by atoms with Gasteiger partial charge in [-0.1, -0.05) is 11.8 Å². The van der Waals surface area contributed by atoms with Gasteiger partial charge in [-0.15, -0.1) is 0 Å². The number of fused-ring (bicyclic) bond motifs is 1. The molecule has 1 saturated heterocycles. The Morgan fingerprint density at radius 2 is 2.06 bits per heavy atom. The van der Waals surface area contributed by atoms with Crippen molar-refractivity contribution in [2.45, 2.75) is 37.9 Å². The molecule has 16 heavy (non-hydrogen) atoms. The molecular formula is C11H17NO4. The van der Waals surface area contributed by atoms with Crippen LogP contribution in [0.3, 0.4) is 0 Å². The summed E-state index contributed by atoms with van der Waals surface area (Å²) in [5, 5.41) is 2.94. The summed E-state index contributed by atoms with van der Waals surface area (Å²) in [6.45, 7) is 7.83. The lowest BCUT2D eigenvalue weighted by molar-refractivity contribution is -0.162. The molecule has 2 rings (SSSR count). The van der Waals surface area contributed by atoms with E-state index in [1.54, 1.807) is 7.11 Å². The number of rotatable bonds is 3. The van der Waals surface area contributed by atoms with Crippen molar-refractivity contribution >= 4 is 0 Å². The second-order valence-electron chi connectivity index (χ2n) is 4.71. The van der Waals surface area contributed by atoms with Crippen LogP contribution >= 0.6 is 0 Å². The molecule has 0 aromatic heterocycles. The molecule has 1 saturated carbocycles. The predicted octanol–water partition coefficient (Wildman–Crippen LogP) is 1.47. The van der Waals surface area contributed by atoms with Gasteiger partial charge in [-0.25, -0.2) is 0 Å². The van der Waals surface area contributed by atoms with Crippen LogP contribution in [0.25, 0.3) is 0 Å². The smallest absolute Gasteiger partial charge is 0.163 e. The zero-order valence-electron chi connectivity index (χ0n) is 9.80. The third-order valence-electron chi connectivity index (χ3n) is 3.23.